The number of hydrogen-bond acceptors (Lipinski definition) is 5. The summed E-state index contributed by atoms with van der Waals surface area (Å²) in [7, 11) is 1.45. The van der Waals surface area contributed by atoms with Crippen LogP contribution in [0.1, 0.15) is 27.0 Å². The number of rotatable bonds is 8. The summed E-state index contributed by atoms with van der Waals surface area (Å²) < 4.78 is 47.6. The lowest BCUT2D eigenvalue weighted by Crippen LogP contribution is -2.20. The molecule has 0 bridgehead atoms. The maximum atomic E-state index is 15.0. The lowest BCUT2D eigenvalue weighted by molar-refractivity contribution is 0.100. The first kappa shape index (κ1) is 23.3. The molecule has 5 N–H and O–H groups in total. The van der Waals surface area contributed by atoms with Crippen molar-refractivity contribution >= 4 is 39.9 Å². The number of fused-ring (bicyclic) bond motifs is 1. The van der Waals surface area contributed by atoms with E-state index in [-0.39, 0.29) is 34.9 Å². The second-order valence-electron chi connectivity index (χ2n) is 7.44. The Morgan fingerprint density at radius 2 is 2.00 bits per heavy atom. The van der Waals surface area contributed by atoms with E-state index >= 15 is 4.39 Å². The van der Waals surface area contributed by atoms with E-state index in [4.69, 9.17) is 5.73 Å². The van der Waals surface area contributed by atoms with Crippen molar-refractivity contribution in [1.82, 2.24) is 19.1 Å². The first-order valence-corrected chi connectivity index (χ1v) is 11.2. The molecule has 3 aromatic heterocycles. The van der Waals surface area contributed by atoms with Crippen molar-refractivity contribution in [2.24, 2.45) is 5.73 Å². The van der Waals surface area contributed by atoms with Crippen LogP contribution < -0.4 is 20.5 Å². The van der Waals surface area contributed by atoms with Crippen molar-refractivity contribution in [3.63, 3.8) is 0 Å². The number of imidazole rings is 1. The Bertz CT molecular complexity index is 1420. The number of primary amides is 1. The molecule has 34 heavy (non-hydrogen) atoms. The summed E-state index contributed by atoms with van der Waals surface area (Å²) in [5.41, 5.74) is 7.96. The lowest BCUT2D eigenvalue weighted by atomic mass is 10.0. The highest BCUT2D eigenvalue weighted by Gasteiger charge is 2.20. The van der Waals surface area contributed by atoms with Crippen LogP contribution in [-0.2, 0) is 17.6 Å². The fourth-order valence-corrected chi connectivity index (χ4v) is 3.92. The molecular formula is C22H21F2N7O2S. The molecule has 0 fully saturated rings. The van der Waals surface area contributed by atoms with Crippen molar-refractivity contribution in [2.75, 3.05) is 17.1 Å². The molecule has 0 aliphatic carbocycles. The third-order valence-corrected chi connectivity index (χ3v) is 5.90. The smallest absolute Gasteiger partial charge is 0.252 e. The molecule has 0 aliphatic heterocycles. The van der Waals surface area contributed by atoms with Crippen LogP contribution in [0.4, 0.5) is 26.1 Å². The Morgan fingerprint density at radius 3 is 2.71 bits per heavy atom. The number of aryl methyl sites for hydroxylation is 1. The van der Waals surface area contributed by atoms with Crippen LogP contribution in [0.2, 0.25) is 0 Å². The highest BCUT2D eigenvalue weighted by Crippen LogP contribution is 2.29. The van der Waals surface area contributed by atoms with E-state index in [0.717, 1.165) is 5.56 Å². The standard InChI is InChI=1S/C22H21F2N7O2S/c1-12-3-4-17(16(23)7-12)29-22-15(20(25)32)9-14(18-10-27-11-31(18)22)8-13-5-6-28-21(19(13)24)30-34(33)26-2/h3-7,9-11,26,29H,8H2,1-2H3,(H2,25,32)(H,28,30). The average molecular weight is 486 g/mol. The topological polar surface area (TPSA) is 126 Å². The molecule has 0 saturated heterocycles. The number of pyridine rings is 2. The van der Waals surface area contributed by atoms with Gasteiger partial charge in [0.1, 0.15) is 18.0 Å². The van der Waals surface area contributed by atoms with Crippen LogP contribution in [0, 0.1) is 18.6 Å². The van der Waals surface area contributed by atoms with E-state index in [2.05, 4.69) is 24.7 Å². The molecule has 0 aliphatic rings. The summed E-state index contributed by atoms with van der Waals surface area (Å²) in [6.07, 6.45) is 4.44. The average Bonchev–Trinajstić information content (AvgIpc) is 3.29. The predicted octanol–water partition coefficient (Wildman–Crippen LogP) is 2.96. The molecule has 9 nitrogen and oxygen atoms in total. The zero-order valence-corrected chi connectivity index (χ0v) is 19.0. The van der Waals surface area contributed by atoms with Crippen LogP contribution in [0.5, 0.6) is 0 Å². The van der Waals surface area contributed by atoms with Crippen molar-refractivity contribution < 1.29 is 17.8 Å². The number of halogens is 2. The molecule has 1 aromatic carbocycles. The van der Waals surface area contributed by atoms with Gasteiger partial charge in [0.25, 0.3) is 5.91 Å². The molecular weight excluding hydrogens is 464 g/mol. The maximum absolute atomic E-state index is 15.0. The van der Waals surface area contributed by atoms with Gasteiger partial charge in [-0.25, -0.2) is 27.7 Å². The number of nitrogens with two attached hydrogens (primary N) is 1. The fourth-order valence-electron chi connectivity index (χ4n) is 3.50. The highest BCUT2D eigenvalue weighted by molar-refractivity contribution is 7.84. The second kappa shape index (κ2) is 9.53. The van der Waals surface area contributed by atoms with Crippen molar-refractivity contribution in [2.45, 2.75) is 13.3 Å². The summed E-state index contributed by atoms with van der Waals surface area (Å²) in [6.45, 7) is 1.76. The summed E-state index contributed by atoms with van der Waals surface area (Å²) >= 11 is -1.71. The quantitative estimate of drug-likeness (QED) is 0.305. The third kappa shape index (κ3) is 4.58. The Labute approximate surface area is 196 Å². The van der Waals surface area contributed by atoms with Gasteiger partial charge in [0.05, 0.1) is 23.0 Å². The Balaban J connectivity index is 1.79. The number of hydrogen-bond donors (Lipinski definition) is 4. The number of carbonyl (C=O) groups is 1. The summed E-state index contributed by atoms with van der Waals surface area (Å²) in [6, 6.07) is 7.65. The van der Waals surface area contributed by atoms with Crippen molar-refractivity contribution in [3.05, 3.63) is 82.9 Å². The van der Waals surface area contributed by atoms with E-state index in [1.807, 2.05) is 0 Å². The highest BCUT2D eigenvalue weighted by atomic mass is 32.2. The number of anilines is 3. The fraction of sp³-hybridized carbons (Fsp3) is 0.136. The van der Waals surface area contributed by atoms with Crippen LogP contribution in [-0.4, -0.2) is 31.5 Å². The minimum absolute atomic E-state index is 0.0594. The van der Waals surface area contributed by atoms with Gasteiger partial charge in [0.15, 0.2) is 22.8 Å². The minimum Gasteiger partial charge on any atom is -0.365 e. The van der Waals surface area contributed by atoms with E-state index in [9.17, 15) is 13.4 Å². The van der Waals surface area contributed by atoms with Crippen LogP contribution in [0.3, 0.4) is 0 Å². The summed E-state index contributed by atoms with van der Waals surface area (Å²) in [5, 5.41) is 2.93. The Hall–Kier alpha value is -3.90. The molecule has 3 heterocycles. The molecule has 0 saturated carbocycles. The number of nitrogens with zero attached hydrogens (tertiary/aromatic N) is 3. The monoisotopic (exact) mass is 485 g/mol. The lowest BCUT2D eigenvalue weighted by Gasteiger charge is -2.17. The number of amides is 1. The minimum atomic E-state index is -1.71. The number of benzene rings is 1. The summed E-state index contributed by atoms with van der Waals surface area (Å²) in [5.74, 6) is -1.89. The van der Waals surface area contributed by atoms with Gasteiger partial charge < -0.3 is 11.1 Å². The van der Waals surface area contributed by atoms with Gasteiger partial charge in [-0.15, -0.1) is 0 Å². The second-order valence-corrected chi connectivity index (χ2v) is 8.59. The first-order valence-electron chi connectivity index (χ1n) is 10.1. The van der Waals surface area contributed by atoms with Crippen LogP contribution in [0.25, 0.3) is 5.52 Å². The molecule has 1 unspecified atom stereocenters. The van der Waals surface area contributed by atoms with Crippen molar-refractivity contribution in [1.29, 1.82) is 0 Å². The molecule has 1 amide bonds. The Morgan fingerprint density at radius 1 is 1.21 bits per heavy atom. The number of nitrogens with one attached hydrogen (secondary N) is 3. The van der Waals surface area contributed by atoms with Crippen LogP contribution in [0.15, 0.2) is 49.1 Å². The van der Waals surface area contributed by atoms with Crippen molar-refractivity contribution in [3.8, 4) is 0 Å². The molecule has 4 aromatic rings. The van der Waals surface area contributed by atoms with Gasteiger partial charge in [-0.3, -0.25) is 13.9 Å². The van der Waals surface area contributed by atoms with Gasteiger partial charge >= 0.3 is 0 Å². The van der Waals surface area contributed by atoms with Gasteiger partial charge in [-0.2, -0.15) is 0 Å². The van der Waals surface area contributed by atoms with Gasteiger partial charge in [0.2, 0.25) is 0 Å². The van der Waals surface area contributed by atoms with E-state index < -0.39 is 28.7 Å². The van der Waals surface area contributed by atoms with Gasteiger partial charge in [-0.1, -0.05) is 6.07 Å². The number of carbonyl (C=O) groups excluding carboxylic acids is 1. The SMILES string of the molecule is CNS(=O)Nc1nccc(Cc2cc(C(N)=O)c(Nc3ccc(C)cc3F)n3cncc23)c1F. The molecule has 4 rings (SSSR count). The summed E-state index contributed by atoms with van der Waals surface area (Å²) in [4.78, 5) is 20.3. The van der Waals surface area contributed by atoms with E-state index in [1.54, 1.807) is 29.7 Å². The van der Waals surface area contributed by atoms with Gasteiger partial charge in [-0.05, 0) is 54.9 Å². The predicted molar refractivity (Wildman–Crippen MR) is 126 cm³/mol. The normalized spacial score (nSPS) is 12.0. The molecule has 1 atom stereocenters. The largest absolute Gasteiger partial charge is 0.365 e. The van der Waals surface area contributed by atoms with E-state index in [1.165, 1.54) is 37.8 Å². The van der Waals surface area contributed by atoms with Crippen LogP contribution >= 0.6 is 0 Å². The van der Waals surface area contributed by atoms with E-state index in [0.29, 0.717) is 11.1 Å². The number of aromatic nitrogens is 3. The molecule has 0 spiro atoms. The Kier molecular flexibility index (Phi) is 6.52. The maximum Gasteiger partial charge on any atom is 0.252 e. The van der Waals surface area contributed by atoms with Gasteiger partial charge in [0, 0.05) is 12.6 Å². The molecule has 176 valence electrons. The third-order valence-electron chi connectivity index (χ3n) is 5.15. The molecule has 0 radical (unpaired) electrons. The molecule has 12 heteroatoms. The first-order chi connectivity index (χ1) is 16.3. The zero-order chi connectivity index (χ0) is 24.4. The zero-order valence-electron chi connectivity index (χ0n) is 18.2.